The van der Waals surface area contributed by atoms with Crippen molar-refractivity contribution in [1.82, 2.24) is 9.97 Å². The van der Waals surface area contributed by atoms with Gasteiger partial charge in [0.25, 0.3) is 0 Å². The molecule has 2 rings (SSSR count). The average molecular weight is 285 g/mol. The molecule has 0 aliphatic rings. The highest BCUT2D eigenvalue weighted by atomic mass is 19.4. The lowest BCUT2D eigenvalue weighted by Crippen LogP contribution is -2.32. The van der Waals surface area contributed by atoms with Crippen LogP contribution in [-0.4, -0.2) is 40.8 Å². The molecule has 0 spiro atoms. The van der Waals surface area contributed by atoms with Crippen molar-refractivity contribution in [3.05, 3.63) is 30.1 Å². The quantitative estimate of drug-likeness (QED) is 0.937. The van der Waals surface area contributed by atoms with E-state index in [9.17, 15) is 18.0 Å². The molecular formula is C12H10F3N3O2. The Morgan fingerprint density at radius 1 is 1.30 bits per heavy atom. The lowest BCUT2D eigenvalue weighted by molar-refractivity contribution is -0.119. The number of aromatic carboxylic acids is 1. The summed E-state index contributed by atoms with van der Waals surface area (Å²) in [6.45, 7) is -1.23. The van der Waals surface area contributed by atoms with Crippen molar-refractivity contribution < 1.29 is 23.1 Å². The van der Waals surface area contributed by atoms with Crippen LogP contribution in [0.4, 0.5) is 19.0 Å². The average Bonchev–Trinajstić information content (AvgIpc) is 2.35. The van der Waals surface area contributed by atoms with Crippen LogP contribution >= 0.6 is 0 Å². The molecule has 0 amide bonds. The minimum absolute atomic E-state index is 0.0645. The van der Waals surface area contributed by atoms with Crippen LogP contribution in [-0.2, 0) is 0 Å². The van der Waals surface area contributed by atoms with E-state index in [0.29, 0.717) is 5.39 Å². The lowest BCUT2D eigenvalue weighted by atomic mass is 10.2. The molecule has 5 nitrogen and oxygen atoms in total. The number of carboxylic acids is 1. The zero-order valence-electron chi connectivity index (χ0n) is 10.3. The zero-order valence-corrected chi connectivity index (χ0v) is 10.3. The highest BCUT2D eigenvalue weighted by molar-refractivity contribution is 5.93. The van der Waals surface area contributed by atoms with Gasteiger partial charge in [0, 0.05) is 12.4 Å². The number of para-hydroxylation sites is 1. The van der Waals surface area contributed by atoms with Crippen molar-refractivity contribution in [3.8, 4) is 0 Å². The molecule has 0 aliphatic carbocycles. The Bertz CT molecular complexity index is 658. The molecule has 0 saturated carbocycles. The summed E-state index contributed by atoms with van der Waals surface area (Å²) in [6.07, 6.45) is -4.41. The van der Waals surface area contributed by atoms with Crippen LogP contribution < -0.4 is 4.90 Å². The van der Waals surface area contributed by atoms with Gasteiger partial charge in [-0.2, -0.15) is 13.2 Å². The van der Waals surface area contributed by atoms with Gasteiger partial charge in [-0.25, -0.2) is 14.8 Å². The van der Waals surface area contributed by atoms with Crippen molar-refractivity contribution in [3.63, 3.8) is 0 Å². The first-order valence-electron chi connectivity index (χ1n) is 5.56. The van der Waals surface area contributed by atoms with Crippen molar-refractivity contribution >= 4 is 22.7 Å². The Hall–Kier alpha value is -2.38. The number of fused-ring (bicyclic) bond motifs is 1. The molecule has 0 radical (unpaired) electrons. The van der Waals surface area contributed by atoms with E-state index in [2.05, 4.69) is 9.97 Å². The maximum absolute atomic E-state index is 12.4. The second-order valence-corrected chi connectivity index (χ2v) is 4.16. The lowest BCUT2D eigenvalue weighted by Gasteiger charge is -2.21. The van der Waals surface area contributed by atoms with Gasteiger partial charge in [0.1, 0.15) is 12.4 Å². The fourth-order valence-corrected chi connectivity index (χ4v) is 1.79. The molecule has 1 N–H and O–H groups in total. The van der Waals surface area contributed by atoms with Gasteiger partial charge in [-0.05, 0) is 12.1 Å². The molecular weight excluding hydrogens is 275 g/mol. The molecule has 1 heterocycles. The van der Waals surface area contributed by atoms with Gasteiger partial charge in [0.05, 0.1) is 5.52 Å². The molecule has 0 bridgehead atoms. The molecule has 8 heteroatoms. The smallest absolute Gasteiger partial charge is 0.405 e. The Balaban J connectivity index is 2.57. The normalized spacial score (nSPS) is 11.6. The third-order valence-electron chi connectivity index (χ3n) is 2.55. The van der Waals surface area contributed by atoms with Crippen molar-refractivity contribution in [2.24, 2.45) is 0 Å². The van der Waals surface area contributed by atoms with E-state index in [0.717, 1.165) is 4.90 Å². The Kier molecular flexibility index (Phi) is 3.47. The van der Waals surface area contributed by atoms with Crippen molar-refractivity contribution in [2.45, 2.75) is 6.18 Å². The predicted octanol–water partition coefficient (Wildman–Crippen LogP) is 2.33. The van der Waals surface area contributed by atoms with E-state index in [1.807, 2.05) is 0 Å². The third kappa shape index (κ3) is 2.95. The largest absolute Gasteiger partial charge is 0.475 e. The van der Waals surface area contributed by atoms with E-state index in [4.69, 9.17) is 5.11 Å². The number of carboxylic acid groups (broad SMARTS) is 1. The summed E-state index contributed by atoms with van der Waals surface area (Å²) in [6, 6.07) is 6.31. The van der Waals surface area contributed by atoms with Crippen LogP contribution in [0.15, 0.2) is 24.3 Å². The molecule has 1 aromatic carbocycles. The third-order valence-corrected chi connectivity index (χ3v) is 2.55. The summed E-state index contributed by atoms with van der Waals surface area (Å²) < 4.78 is 37.3. The maximum Gasteiger partial charge on any atom is 0.405 e. The number of nitrogens with zero attached hydrogens (tertiary/aromatic N) is 3. The van der Waals surface area contributed by atoms with Gasteiger partial charge in [0.2, 0.25) is 5.82 Å². The summed E-state index contributed by atoms with van der Waals surface area (Å²) in [4.78, 5) is 19.3. The number of aromatic nitrogens is 2. The standard InChI is InChI=1S/C12H10F3N3O2/c1-18(6-12(13,14)15)10-7-4-2-3-5-8(7)16-9(17-10)11(19)20/h2-5H,6H2,1H3,(H,19,20). The van der Waals surface area contributed by atoms with Crippen LogP contribution in [0.25, 0.3) is 10.9 Å². The molecule has 0 saturated heterocycles. The number of halogens is 3. The highest BCUT2D eigenvalue weighted by Gasteiger charge is 2.30. The molecule has 0 atom stereocenters. The number of benzene rings is 1. The molecule has 0 aliphatic heterocycles. The van der Waals surface area contributed by atoms with Crippen LogP contribution in [0.2, 0.25) is 0 Å². The number of hydrogen-bond acceptors (Lipinski definition) is 4. The van der Waals surface area contributed by atoms with Gasteiger partial charge in [0.15, 0.2) is 0 Å². The topological polar surface area (TPSA) is 66.3 Å². The number of hydrogen-bond donors (Lipinski definition) is 1. The van der Waals surface area contributed by atoms with Gasteiger partial charge >= 0.3 is 12.1 Å². The Morgan fingerprint density at radius 2 is 1.95 bits per heavy atom. The Morgan fingerprint density at radius 3 is 2.55 bits per heavy atom. The van der Waals surface area contributed by atoms with Gasteiger partial charge in [-0.1, -0.05) is 12.1 Å². The maximum atomic E-state index is 12.4. The van der Waals surface area contributed by atoms with E-state index in [1.54, 1.807) is 18.2 Å². The van der Waals surface area contributed by atoms with Gasteiger partial charge in [-0.15, -0.1) is 0 Å². The monoisotopic (exact) mass is 285 g/mol. The highest BCUT2D eigenvalue weighted by Crippen LogP contribution is 2.26. The van der Waals surface area contributed by atoms with Crippen molar-refractivity contribution in [2.75, 3.05) is 18.5 Å². The van der Waals surface area contributed by atoms with Crippen LogP contribution in [0.1, 0.15) is 10.6 Å². The summed E-state index contributed by atoms with van der Waals surface area (Å²) in [5, 5.41) is 9.28. The number of carbonyl (C=O) groups is 1. The van der Waals surface area contributed by atoms with E-state index >= 15 is 0 Å². The second-order valence-electron chi connectivity index (χ2n) is 4.16. The van der Waals surface area contributed by atoms with E-state index in [-0.39, 0.29) is 11.3 Å². The van der Waals surface area contributed by atoms with Crippen LogP contribution in [0, 0.1) is 0 Å². The molecule has 106 valence electrons. The van der Waals surface area contributed by atoms with Crippen LogP contribution in [0.5, 0.6) is 0 Å². The minimum atomic E-state index is -4.41. The second kappa shape index (κ2) is 4.95. The number of alkyl halides is 3. The summed E-state index contributed by atoms with van der Waals surface area (Å²) in [5.74, 6) is -1.99. The summed E-state index contributed by atoms with van der Waals surface area (Å²) in [7, 11) is 1.20. The van der Waals surface area contributed by atoms with Crippen molar-refractivity contribution in [1.29, 1.82) is 0 Å². The number of rotatable bonds is 3. The molecule has 1 aromatic heterocycles. The first-order chi connectivity index (χ1) is 9.28. The van der Waals surface area contributed by atoms with E-state index < -0.39 is 24.5 Å². The Labute approximate surface area is 111 Å². The molecule has 0 fully saturated rings. The first-order valence-corrected chi connectivity index (χ1v) is 5.56. The summed E-state index contributed by atoms with van der Waals surface area (Å²) >= 11 is 0. The minimum Gasteiger partial charge on any atom is -0.475 e. The zero-order chi connectivity index (χ0) is 14.9. The van der Waals surface area contributed by atoms with Crippen LogP contribution in [0.3, 0.4) is 0 Å². The summed E-state index contributed by atoms with van der Waals surface area (Å²) in [5.41, 5.74) is 0.281. The first kappa shape index (κ1) is 14.0. The predicted molar refractivity (Wildman–Crippen MR) is 65.8 cm³/mol. The van der Waals surface area contributed by atoms with E-state index in [1.165, 1.54) is 13.1 Å². The molecule has 20 heavy (non-hydrogen) atoms. The fourth-order valence-electron chi connectivity index (χ4n) is 1.79. The molecule has 0 unspecified atom stereocenters. The van der Waals surface area contributed by atoms with Gasteiger partial charge < -0.3 is 10.0 Å². The fraction of sp³-hybridized carbons (Fsp3) is 0.250. The van der Waals surface area contributed by atoms with Gasteiger partial charge in [-0.3, -0.25) is 0 Å². The molecule has 2 aromatic rings. The SMILES string of the molecule is CN(CC(F)(F)F)c1nc(C(=O)O)nc2ccccc12. The number of anilines is 1.